The zero-order valence-corrected chi connectivity index (χ0v) is 12.7. The van der Waals surface area contributed by atoms with E-state index in [1.54, 1.807) is 7.11 Å². The second-order valence-electron chi connectivity index (χ2n) is 5.24. The second kappa shape index (κ2) is 7.53. The molecule has 1 aliphatic heterocycles. The van der Waals surface area contributed by atoms with Crippen LogP contribution in [0.3, 0.4) is 0 Å². The van der Waals surface area contributed by atoms with E-state index in [1.807, 2.05) is 29.2 Å². The van der Waals surface area contributed by atoms with Crippen molar-refractivity contribution in [2.45, 2.75) is 38.1 Å². The lowest BCUT2D eigenvalue weighted by Crippen LogP contribution is -2.44. The molecule has 2 rings (SSSR count). The lowest BCUT2D eigenvalue weighted by Gasteiger charge is -2.35. The summed E-state index contributed by atoms with van der Waals surface area (Å²) in [6.07, 6.45) is 4.71. The summed E-state index contributed by atoms with van der Waals surface area (Å²) in [7, 11) is 1.64. The lowest BCUT2D eigenvalue weighted by atomic mass is 9.99. The predicted octanol–water partition coefficient (Wildman–Crippen LogP) is 3.25. The summed E-state index contributed by atoms with van der Waals surface area (Å²) in [5.74, 6) is 1.62. The molecule has 1 fully saturated rings. The summed E-state index contributed by atoms with van der Waals surface area (Å²) < 4.78 is 5.20. The van der Waals surface area contributed by atoms with Crippen molar-refractivity contribution < 1.29 is 9.53 Å². The minimum absolute atomic E-state index is 0.202. The summed E-state index contributed by atoms with van der Waals surface area (Å²) in [5.41, 5.74) is 1.00. The van der Waals surface area contributed by atoms with Gasteiger partial charge in [0.2, 0.25) is 5.91 Å². The van der Waals surface area contributed by atoms with E-state index in [9.17, 15) is 4.79 Å². The molecule has 0 bridgehead atoms. The van der Waals surface area contributed by atoms with Crippen LogP contribution in [0, 0.1) is 0 Å². The van der Waals surface area contributed by atoms with E-state index in [0.717, 1.165) is 37.1 Å². The van der Waals surface area contributed by atoms with Gasteiger partial charge in [-0.15, -0.1) is 11.6 Å². The van der Waals surface area contributed by atoms with Crippen LogP contribution in [0.1, 0.15) is 31.2 Å². The van der Waals surface area contributed by atoms with Crippen LogP contribution in [0.25, 0.3) is 0 Å². The Labute approximate surface area is 125 Å². The van der Waals surface area contributed by atoms with Gasteiger partial charge in [0.25, 0.3) is 0 Å². The van der Waals surface area contributed by atoms with Gasteiger partial charge in [-0.1, -0.05) is 12.1 Å². The van der Waals surface area contributed by atoms with Crippen LogP contribution in [0.4, 0.5) is 0 Å². The number of alkyl halides is 1. The second-order valence-corrected chi connectivity index (χ2v) is 5.62. The fraction of sp³-hybridized carbons (Fsp3) is 0.562. The number of methoxy groups -OCH3 is 1. The molecule has 3 nitrogen and oxygen atoms in total. The van der Waals surface area contributed by atoms with E-state index in [1.165, 1.54) is 6.42 Å². The average molecular weight is 296 g/mol. The summed E-state index contributed by atoms with van der Waals surface area (Å²) >= 11 is 5.85. The number of amides is 1. The van der Waals surface area contributed by atoms with Gasteiger partial charge in [0, 0.05) is 18.5 Å². The molecular weight excluding hydrogens is 274 g/mol. The topological polar surface area (TPSA) is 29.5 Å². The molecule has 1 heterocycles. The third-order valence-electron chi connectivity index (χ3n) is 3.88. The Morgan fingerprint density at radius 3 is 3.05 bits per heavy atom. The highest BCUT2D eigenvalue weighted by Crippen LogP contribution is 2.22. The number of rotatable bonds is 5. The van der Waals surface area contributed by atoms with Crippen molar-refractivity contribution in [1.82, 2.24) is 4.90 Å². The molecule has 0 aliphatic carbocycles. The predicted molar refractivity (Wildman–Crippen MR) is 81.4 cm³/mol. The molecule has 0 N–H and O–H groups in total. The van der Waals surface area contributed by atoms with Gasteiger partial charge < -0.3 is 9.64 Å². The third kappa shape index (κ3) is 3.89. The maximum Gasteiger partial charge on any atom is 0.227 e. The number of ether oxygens (including phenoxy) is 1. The van der Waals surface area contributed by atoms with Crippen molar-refractivity contribution in [2.75, 3.05) is 19.5 Å². The Kier molecular flexibility index (Phi) is 5.72. The van der Waals surface area contributed by atoms with Crippen LogP contribution in [0.5, 0.6) is 5.75 Å². The van der Waals surface area contributed by atoms with E-state index in [2.05, 4.69) is 0 Å². The van der Waals surface area contributed by atoms with Crippen LogP contribution >= 0.6 is 11.6 Å². The van der Waals surface area contributed by atoms with Gasteiger partial charge in [0.05, 0.1) is 13.5 Å². The first-order valence-electron chi connectivity index (χ1n) is 7.23. The maximum absolute atomic E-state index is 12.5. The maximum atomic E-state index is 12.5. The summed E-state index contributed by atoms with van der Waals surface area (Å²) in [6, 6.07) is 8.04. The number of benzene rings is 1. The van der Waals surface area contributed by atoms with E-state index in [-0.39, 0.29) is 5.91 Å². The van der Waals surface area contributed by atoms with Gasteiger partial charge in [-0.25, -0.2) is 0 Å². The molecule has 1 atom stereocenters. The van der Waals surface area contributed by atoms with Gasteiger partial charge in [0.15, 0.2) is 0 Å². The highest BCUT2D eigenvalue weighted by molar-refractivity contribution is 6.17. The van der Waals surface area contributed by atoms with Crippen molar-refractivity contribution in [3.8, 4) is 5.75 Å². The van der Waals surface area contributed by atoms with Gasteiger partial charge >= 0.3 is 0 Å². The minimum Gasteiger partial charge on any atom is -0.497 e. The molecule has 1 unspecified atom stereocenters. The number of carbonyl (C=O) groups is 1. The van der Waals surface area contributed by atoms with Gasteiger partial charge in [-0.05, 0) is 43.4 Å². The number of piperidine rings is 1. The van der Waals surface area contributed by atoms with Crippen molar-refractivity contribution in [2.24, 2.45) is 0 Å². The SMILES string of the molecule is COc1cccc(CC(=O)N2CCCCC2CCCl)c1. The first-order chi connectivity index (χ1) is 9.74. The summed E-state index contributed by atoms with van der Waals surface area (Å²) in [5, 5.41) is 0. The molecule has 1 aliphatic rings. The summed E-state index contributed by atoms with van der Waals surface area (Å²) in [6.45, 7) is 0.865. The molecule has 0 radical (unpaired) electrons. The molecule has 0 spiro atoms. The monoisotopic (exact) mass is 295 g/mol. The number of nitrogens with zero attached hydrogens (tertiary/aromatic N) is 1. The van der Waals surface area contributed by atoms with E-state index < -0.39 is 0 Å². The Hall–Kier alpha value is -1.22. The molecular formula is C16H22ClNO2. The average Bonchev–Trinajstić information content (AvgIpc) is 2.48. The normalized spacial score (nSPS) is 18.9. The van der Waals surface area contributed by atoms with Crippen LogP contribution in [-0.2, 0) is 11.2 Å². The fourth-order valence-electron chi connectivity index (χ4n) is 2.81. The zero-order chi connectivity index (χ0) is 14.4. The molecule has 1 saturated heterocycles. The molecule has 1 aromatic carbocycles. The first-order valence-corrected chi connectivity index (χ1v) is 7.76. The van der Waals surface area contributed by atoms with Crippen LogP contribution in [0.2, 0.25) is 0 Å². The third-order valence-corrected chi connectivity index (χ3v) is 4.10. The Bertz CT molecular complexity index is 448. The quantitative estimate of drug-likeness (QED) is 0.781. The highest BCUT2D eigenvalue weighted by Gasteiger charge is 2.25. The summed E-state index contributed by atoms with van der Waals surface area (Å²) in [4.78, 5) is 14.5. The molecule has 1 aromatic rings. The Morgan fingerprint density at radius 2 is 2.30 bits per heavy atom. The van der Waals surface area contributed by atoms with Crippen LogP contribution in [-0.4, -0.2) is 36.4 Å². The largest absolute Gasteiger partial charge is 0.497 e. The van der Waals surface area contributed by atoms with E-state index >= 15 is 0 Å². The first kappa shape index (κ1) is 15.2. The van der Waals surface area contributed by atoms with Gasteiger partial charge in [-0.3, -0.25) is 4.79 Å². The number of halogens is 1. The van der Waals surface area contributed by atoms with Crippen molar-refractivity contribution in [1.29, 1.82) is 0 Å². The van der Waals surface area contributed by atoms with Crippen LogP contribution < -0.4 is 4.74 Å². The number of carbonyl (C=O) groups excluding carboxylic acids is 1. The number of hydrogen-bond donors (Lipinski definition) is 0. The molecule has 0 aromatic heterocycles. The Morgan fingerprint density at radius 1 is 1.45 bits per heavy atom. The number of likely N-dealkylation sites (tertiary alicyclic amines) is 1. The molecule has 4 heteroatoms. The fourth-order valence-corrected chi connectivity index (χ4v) is 3.07. The van der Waals surface area contributed by atoms with Crippen LogP contribution in [0.15, 0.2) is 24.3 Å². The molecule has 20 heavy (non-hydrogen) atoms. The smallest absolute Gasteiger partial charge is 0.227 e. The van der Waals surface area contributed by atoms with E-state index in [4.69, 9.17) is 16.3 Å². The highest BCUT2D eigenvalue weighted by atomic mass is 35.5. The van der Waals surface area contributed by atoms with Gasteiger partial charge in [0.1, 0.15) is 5.75 Å². The van der Waals surface area contributed by atoms with Crippen molar-refractivity contribution >= 4 is 17.5 Å². The number of hydrogen-bond acceptors (Lipinski definition) is 2. The molecule has 1 amide bonds. The minimum atomic E-state index is 0.202. The standard InChI is InChI=1S/C16H22ClNO2/c1-20-15-7-4-5-13(11-15)12-16(19)18-10-3-2-6-14(18)8-9-17/h4-5,7,11,14H,2-3,6,8-10,12H2,1H3. The zero-order valence-electron chi connectivity index (χ0n) is 12.0. The van der Waals surface area contributed by atoms with Crippen molar-refractivity contribution in [3.63, 3.8) is 0 Å². The van der Waals surface area contributed by atoms with E-state index in [0.29, 0.717) is 18.3 Å². The Balaban J connectivity index is 2.01. The molecule has 110 valence electrons. The van der Waals surface area contributed by atoms with Gasteiger partial charge in [-0.2, -0.15) is 0 Å². The molecule has 0 saturated carbocycles. The lowest BCUT2D eigenvalue weighted by molar-refractivity contribution is -0.134. The van der Waals surface area contributed by atoms with Crippen molar-refractivity contribution in [3.05, 3.63) is 29.8 Å².